The van der Waals surface area contributed by atoms with Gasteiger partial charge in [-0.2, -0.15) is 0 Å². The molecular formula is C16H23NO3. The van der Waals surface area contributed by atoms with Crippen molar-refractivity contribution in [3.05, 3.63) is 35.4 Å². The van der Waals surface area contributed by atoms with Gasteiger partial charge in [-0.3, -0.25) is 4.79 Å². The third kappa shape index (κ3) is 5.45. The summed E-state index contributed by atoms with van der Waals surface area (Å²) >= 11 is 0. The molecule has 0 aliphatic carbocycles. The Hall–Kier alpha value is -1.81. The van der Waals surface area contributed by atoms with E-state index >= 15 is 0 Å². The van der Waals surface area contributed by atoms with Gasteiger partial charge in [0.1, 0.15) is 5.75 Å². The number of carbonyl (C=O) groups is 1. The van der Waals surface area contributed by atoms with Gasteiger partial charge in [0.25, 0.3) is 0 Å². The molecule has 4 heteroatoms. The van der Waals surface area contributed by atoms with Crippen LogP contribution in [0, 0.1) is 6.92 Å². The normalized spacial score (nSPS) is 12.4. The lowest BCUT2D eigenvalue weighted by Crippen LogP contribution is -2.25. The molecule has 0 aliphatic rings. The Balaban J connectivity index is 2.55. The average Bonchev–Trinajstić information content (AvgIpc) is 2.45. The number of carbonyl (C=O) groups excluding carboxylic acids is 1. The summed E-state index contributed by atoms with van der Waals surface area (Å²) in [5.41, 5.74) is 1.98. The third-order valence-corrected chi connectivity index (χ3v) is 3.05. The SMILES string of the molecule is CCC(O)CCNC(=O)/C=C/c1cc(C)ccc1OC. The average molecular weight is 277 g/mol. The van der Waals surface area contributed by atoms with E-state index in [1.54, 1.807) is 13.2 Å². The van der Waals surface area contributed by atoms with Crippen LogP contribution in [-0.2, 0) is 4.79 Å². The lowest BCUT2D eigenvalue weighted by Gasteiger charge is -2.07. The van der Waals surface area contributed by atoms with Crippen LogP contribution in [0.2, 0.25) is 0 Å². The van der Waals surface area contributed by atoms with Crippen LogP contribution >= 0.6 is 0 Å². The zero-order valence-electron chi connectivity index (χ0n) is 12.3. The van der Waals surface area contributed by atoms with Crippen molar-refractivity contribution in [2.24, 2.45) is 0 Å². The Bertz CT molecular complexity index is 469. The molecule has 0 fully saturated rings. The molecule has 0 spiro atoms. The molecule has 1 amide bonds. The van der Waals surface area contributed by atoms with Crippen molar-refractivity contribution in [3.63, 3.8) is 0 Å². The van der Waals surface area contributed by atoms with Crippen LogP contribution in [-0.4, -0.2) is 30.8 Å². The second kappa shape index (κ2) is 8.38. The van der Waals surface area contributed by atoms with Gasteiger partial charge in [-0.15, -0.1) is 0 Å². The van der Waals surface area contributed by atoms with Crippen molar-refractivity contribution in [2.45, 2.75) is 32.8 Å². The molecule has 1 aromatic carbocycles. The summed E-state index contributed by atoms with van der Waals surface area (Å²) in [7, 11) is 1.61. The molecule has 2 N–H and O–H groups in total. The largest absolute Gasteiger partial charge is 0.496 e. The van der Waals surface area contributed by atoms with E-state index in [2.05, 4.69) is 5.32 Å². The standard InChI is InChI=1S/C16H23NO3/c1-4-14(18)9-10-17-16(19)8-6-13-11-12(2)5-7-15(13)20-3/h5-8,11,14,18H,4,9-10H2,1-3H3,(H,17,19)/b8-6+. The lowest BCUT2D eigenvalue weighted by atomic mass is 10.1. The molecule has 0 bridgehead atoms. The van der Waals surface area contributed by atoms with Crippen molar-refractivity contribution in [1.29, 1.82) is 0 Å². The predicted molar refractivity (Wildman–Crippen MR) is 80.7 cm³/mol. The fourth-order valence-corrected chi connectivity index (χ4v) is 1.77. The van der Waals surface area contributed by atoms with E-state index in [9.17, 15) is 9.90 Å². The number of nitrogens with one attached hydrogen (secondary N) is 1. The van der Waals surface area contributed by atoms with Crippen LogP contribution in [0.4, 0.5) is 0 Å². The van der Waals surface area contributed by atoms with Crippen molar-refractivity contribution in [2.75, 3.05) is 13.7 Å². The molecule has 0 aromatic heterocycles. The van der Waals surface area contributed by atoms with Gasteiger partial charge in [0.2, 0.25) is 5.91 Å². The maximum Gasteiger partial charge on any atom is 0.244 e. The summed E-state index contributed by atoms with van der Waals surface area (Å²) < 4.78 is 5.24. The monoisotopic (exact) mass is 277 g/mol. The van der Waals surface area contributed by atoms with Crippen LogP contribution in [0.15, 0.2) is 24.3 Å². The molecule has 20 heavy (non-hydrogen) atoms. The number of methoxy groups -OCH3 is 1. The minimum absolute atomic E-state index is 0.170. The quantitative estimate of drug-likeness (QED) is 0.752. The molecule has 0 radical (unpaired) electrons. The molecule has 1 unspecified atom stereocenters. The fraction of sp³-hybridized carbons (Fsp3) is 0.438. The van der Waals surface area contributed by atoms with E-state index in [1.807, 2.05) is 32.0 Å². The highest BCUT2D eigenvalue weighted by Crippen LogP contribution is 2.20. The summed E-state index contributed by atoms with van der Waals surface area (Å²) in [6.07, 6.45) is 4.14. The zero-order valence-corrected chi connectivity index (χ0v) is 12.3. The van der Waals surface area contributed by atoms with Crippen LogP contribution in [0.3, 0.4) is 0 Å². The number of benzene rings is 1. The molecule has 1 atom stereocenters. The minimum atomic E-state index is -0.351. The number of aliphatic hydroxyl groups is 1. The highest BCUT2D eigenvalue weighted by Gasteiger charge is 2.03. The van der Waals surface area contributed by atoms with Crippen molar-refractivity contribution in [3.8, 4) is 5.75 Å². The van der Waals surface area contributed by atoms with Crippen LogP contribution in [0.1, 0.15) is 30.9 Å². The second-order valence-electron chi connectivity index (χ2n) is 4.72. The zero-order chi connectivity index (χ0) is 15.0. The van der Waals surface area contributed by atoms with Gasteiger partial charge >= 0.3 is 0 Å². The Kier molecular flexibility index (Phi) is 6.81. The summed E-state index contributed by atoms with van der Waals surface area (Å²) in [6.45, 7) is 4.38. The number of amides is 1. The summed E-state index contributed by atoms with van der Waals surface area (Å²) in [4.78, 5) is 11.7. The number of aryl methyl sites for hydroxylation is 1. The van der Waals surface area contributed by atoms with Gasteiger partial charge in [-0.25, -0.2) is 0 Å². The van der Waals surface area contributed by atoms with E-state index in [0.717, 1.165) is 16.9 Å². The van der Waals surface area contributed by atoms with Crippen molar-refractivity contribution >= 4 is 12.0 Å². The van der Waals surface area contributed by atoms with E-state index < -0.39 is 0 Å². The van der Waals surface area contributed by atoms with Crippen LogP contribution < -0.4 is 10.1 Å². The van der Waals surface area contributed by atoms with E-state index in [4.69, 9.17) is 4.74 Å². The number of aliphatic hydroxyl groups excluding tert-OH is 1. The molecule has 4 nitrogen and oxygen atoms in total. The molecule has 0 saturated heterocycles. The Morgan fingerprint density at radius 3 is 2.90 bits per heavy atom. The minimum Gasteiger partial charge on any atom is -0.496 e. The fourth-order valence-electron chi connectivity index (χ4n) is 1.77. The maximum atomic E-state index is 11.7. The van der Waals surface area contributed by atoms with Gasteiger partial charge in [-0.05, 0) is 38.0 Å². The number of hydrogen-bond acceptors (Lipinski definition) is 3. The van der Waals surface area contributed by atoms with E-state index in [0.29, 0.717) is 19.4 Å². The second-order valence-corrected chi connectivity index (χ2v) is 4.72. The highest BCUT2D eigenvalue weighted by atomic mass is 16.5. The molecular weight excluding hydrogens is 254 g/mol. The Morgan fingerprint density at radius 1 is 1.50 bits per heavy atom. The van der Waals surface area contributed by atoms with Crippen molar-refractivity contribution < 1.29 is 14.6 Å². The van der Waals surface area contributed by atoms with Gasteiger partial charge in [-0.1, -0.05) is 18.6 Å². The predicted octanol–water partition coefficient (Wildman–Crippen LogP) is 2.29. The number of hydrogen-bond donors (Lipinski definition) is 2. The van der Waals surface area contributed by atoms with Crippen LogP contribution in [0.5, 0.6) is 5.75 Å². The molecule has 1 rings (SSSR count). The Labute approximate surface area is 120 Å². The molecule has 0 heterocycles. The van der Waals surface area contributed by atoms with Gasteiger partial charge in [0.15, 0.2) is 0 Å². The summed E-state index contributed by atoms with van der Waals surface area (Å²) in [5, 5.41) is 12.1. The molecule has 1 aromatic rings. The van der Waals surface area contributed by atoms with E-state index in [-0.39, 0.29) is 12.0 Å². The molecule has 0 saturated carbocycles. The highest BCUT2D eigenvalue weighted by molar-refractivity contribution is 5.92. The summed E-state index contributed by atoms with van der Waals surface area (Å²) in [5.74, 6) is 0.568. The van der Waals surface area contributed by atoms with Crippen LogP contribution in [0.25, 0.3) is 6.08 Å². The first-order valence-electron chi connectivity index (χ1n) is 6.85. The molecule has 0 aliphatic heterocycles. The first-order chi connectivity index (χ1) is 9.56. The van der Waals surface area contributed by atoms with Gasteiger partial charge in [0.05, 0.1) is 13.2 Å². The first kappa shape index (κ1) is 16.2. The van der Waals surface area contributed by atoms with Gasteiger partial charge in [0, 0.05) is 18.2 Å². The lowest BCUT2D eigenvalue weighted by molar-refractivity contribution is -0.116. The number of rotatable bonds is 7. The van der Waals surface area contributed by atoms with E-state index in [1.165, 1.54) is 6.08 Å². The van der Waals surface area contributed by atoms with Gasteiger partial charge < -0.3 is 15.2 Å². The topological polar surface area (TPSA) is 58.6 Å². The number of ether oxygens (including phenoxy) is 1. The summed E-state index contributed by atoms with van der Waals surface area (Å²) in [6, 6.07) is 5.80. The third-order valence-electron chi connectivity index (χ3n) is 3.05. The Morgan fingerprint density at radius 2 is 2.25 bits per heavy atom. The maximum absolute atomic E-state index is 11.7. The smallest absolute Gasteiger partial charge is 0.244 e. The molecule has 110 valence electrons. The van der Waals surface area contributed by atoms with Crippen molar-refractivity contribution in [1.82, 2.24) is 5.32 Å². The first-order valence-corrected chi connectivity index (χ1v) is 6.85.